The Morgan fingerprint density at radius 2 is 2.05 bits per heavy atom. The number of nitrogens with one attached hydrogen (secondary N) is 1. The van der Waals surface area contributed by atoms with Gasteiger partial charge in [-0.25, -0.2) is 4.39 Å². The van der Waals surface area contributed by atoms with Crippen molar-refractivity contribution in [1.29, 1.82) is 0 Å². The Balaban J connectivity index is 2.65. The normalized spacial score (nSPS) is 10.9. The van der Waals surface area contributed by atoms with Crippen LogP contribution in [0.3, 0.4) is 0 Å². The van der Waals surface area contributed by atoms with Crippen molar-refractivity contribution >= 4 is 5.91 Å². The van der Waals surface area contributed by atoms with Gasteiger partial charge in [-0.2, -0.15) is 13.2 Å². The van der Waals surface area contributed by atoms with Crippen LogP contribution in [0.15, 0.2) is 23.3 Å². The number of nitrogens with zero attached hydrogens (tertiary/aromatic N) is 3. The lowest BCUT2D eigenvalue weighted by Crippen LogP contribution is -2.26. The van der Waals surface area contributed by atoms with Crippen LogP contribution >= 0.6 is 0 Å². The predicted molar refractivity (Wildman–Crippen MR) is 67.0 cm³/mol. The number of benzene rings is 1. The lowest BCUT2D eigenvalue weighted by molar-refractivity contribution is -0.140. The maximum Gasteiger partial charge on any atom is 0.419 e. The predicted octanol–water partition coefficient (Wildman–Crippen LogP) is 3.66. The number of amides is 1. The average molecular weight is 304 g/mol. The van der Waals surface area contributed by atoms with E-state index in [-0.39, 0.29) is 13.1 Å². The van der Waals surface area contributed by atoms with Crippen LogP contribution in [0.2, 0.25) is 0 Å². The van der Waals surface area contributed by atoms with Gasteiger partial charge in [-0.15, -0.1) is 0 Å². The van der Waals surface area contributed by atoms with E-state index < -0.39 is 29.0 Å². The molecule has 114 valence electrons. The minimum Gasteiger partial charge on any atom is -0.352 e. The van der Waals surface area contributed by atoms with Gasteiger partial charge >= 0.3 is 6.18 Å². The Morgan fingerprint density at radius 3 is 2.67 bits per heavy atom. The average Bonchev–Trinajstić information content (AvgIpc) is 2.41. The van der Waals surface area contributed by atoms with E-state index in [4.69, 9.17) is 5.53 Å². The summed E-state index contributed by atoms with van der Waals surface area (Å²) in [5.41, 5.74) is 5.91. The lowest BCUT2D eigenvalue weighted by Gasteiger charge is -2.11. The van der Waals surface area contributed by atoms with Gasteiger partial charge in [0, 0.05) is 18.0 Å². The molecular weight excluding hydrogens is 292 g/mol. The molecule has 1 aromatic carbocycles. The third-order valence-corrected chi connectivity index (χ3v) is 2.58. The van der Waals surface area contributed by atoms with E-state index in [1.165, 1.54) is 0 Å². The summed E-state index contributed by atoms with van der Waals surface area (Å²) < 4.78 is 51.2. The molecule has 0 saturated carbocycles. The summed E-state index contributed by atoms with van der Waals surface area (Å²) in [6.07, 6.45) is -3.88. The number of alkyl halides is 3. The Labute approximate surface area is 117 Å². The lowest BCUT2D eigenvalue weighted by atomic mass is 10.1. The highest BCUT2D eigenvalue weighted by atomic mass is 19.4. The monoisotopic (exact) mass is 304 g/mol. The Kier molecular flexibility index (Phi) is 5.98. The van der Waals surface area contributed by atoms with Crippen LogP contribution in [0, 0.1) is 5.82 Å². The Morgan fingerprint density at radius 1 is 1.33 bits per heavy atom. The second-order valence-corrected chi connectivity index (χ2v) is 4.08. The summed E-state index contributed by atoms with van der Waals surface area (Å²) in [5, 5.41) is 5.60. The molecule has 0 radical (unpaired) electrons. The fraction of sp³-hybridized carbons (Fsp3) is 0.417. The molecule has 0 unspecified atom stereocenters. The van der Waals surface area contributed by atoms with Crippen molar-refractivity contribution in [3.05, 3.63) is 45.6 Å². The number of carbonyl (C=O) groups excluding carboxylic acids is 1. The van der Waals surface area contributed by atoms with E-state index in [1.54, 1.807) is 0 Å². The molecule has 1 aromatic rings. The van der Waals surface area contributed by atoms with Crippen LogP contribution in [0.4, 0.5) is 17.6 Å². The van der Waals surface area contributed by atoms with Gasteiger partial charge in [-0.05, 0) is 30.5 Å². The maximum absolute atomic E-state index is 13.7. The molecule has 0 aliphatic rings. The summed E-state index contributed by atoms with van der Waals surface area (Å²) in [6.45, 7) is 0.403. The number of halogens is 4. The minimum absolute atomic E-state index is 0.148. The molecule has 1 rings (SSSR count). The number of unbranched alkanes of at least 4 members (excludes halogenated alkanes) is 1. The molecule has 0 aliphatic heterocycles. The van der Waals surface area contributed by atoms with Gasteiger partial charge in [0.15, 0.2) is 0 Å². The van der Waals surface area contributed by atoms with Gasteiger partial charge in [-0.1, -0.05) is 11.2 Å². The number of azide groups is 1. The van der Waals surface area contributed by atoms with E-state index in [0.717, 1.165) is 12.1 Å². The highest BCUT2D eigenvalue weighted by Crippen LogP contribution is 2.32. The summed E-state index contributed by atoms with van der Waals surface area (Å²) in [7, 11) is 0. The first-order valence-electron chi connectivity index (χ1n) is 6.02. The second kappa shape index (κ2) is 7.49. The first kappa shape index (κ1) is 16.8. The maximum atomic E-state index is 13.7. The van der Waals surface area contributed by atoms with E-state index in [0.29, 0.717) is 18.9 Å². The Hall–Kier alpha value is -2.28. The van der Waals surface area contributed by atoms with Crippen LogP contribution in [0.1, 0.15) is 28.8 Å². The van der Waals surface area contributed by atoms with E-state index in [2.05, 4.69) is 15.3 Å². The van der Waals surface area contributed by atoms with Gasteiger partial charge in [0.05, 0.1) is 11.1 Å². The molecule has 0 spiro atoms. The van der Waals surface area contributed by atoms with Gasteiger partial charge in [0.1, 0.15) is 5.82 Å². The highest BCUT2D eigenvalue weighted by Gasteiger charge is 2.35. The van der Waals surface area contributed by atoms with Crippen molar-refractivity contribution in [1.82, 2.24) is 5.32 Å². The molecule has 1 amide bonds. The van der Waals surface area contributed by atoms with Crippen molar-refractivity contribution in [2.45, 2.75) is 19.0 Å². The molecule has 1 N–H and O–H groups in total. The quantitative estimate of drug-likeness (QED) is 0.281. The van der Waals surface area contributed by atoms with E-state index in [1.807, 2.05) is 0 Å². The summed E-state index contributed by atoms with van der Waals surface area (Å²) in [5.74, 6) is -2.50. The minimum atomic E-state index is -4.85. The standard InChI is InChI=1S/C12H12F4N4O/c13-10-8(4-3-5-9(10)12(14,15)16)11(21)18-6-1-2-7-19-20-17/h3-5H,1-2,6-7H2,(H,18,21). The summed E-state index contributed by atoms with van der Waals surface area (Å²) in [6, 6.07) is 2.54. The fourth-order valence-corrected chi connectivity index (χ4v) is 1.58. The van der Waals surface area contributed by atoms with Crippen molar-refractivity contribution in [3.63, 3.8) is 0 Å². The van der Waals surface area contributed by atoms with Crippen LogP contribution in [0.5, 0.6) is 0 Å². The van der Waals surface area contributed by atoms with Crippen LogP contribution in [-0.4, -0.2) is 19.0 Å². The summed E-state index contributed by atoms with van der Waals surface area (Å²) in [4.78, 5) is 14.2. The van der Waals surface area contributed by atoms with Crippen molar-refractivity contribution in [2.75, 3.05) is 13.1 Å². The molecule has 0 saturated heterocycles. The van der Waals surface area contributed by atoms with Gasteiger partial charge in [-0.3, -0.25) is 4.79 Å². The third-order valence-electron chi connectivity index (χ3n) is 2.58. The first-order valence-corrected chi connectivity index (χ1v) is 6.02. The Bertz CT molecular complexity index is 553. The molecule has 0 aliphatic carbocycles. The highest BCUT2D eigenvalue weighted by molar-refractivity contribution is 5.94. The van der Waals surface area contributed by atoms with Gasteiger partial charge in [0.25, 0.3) is 5.91 Å². The number of hydrogen-bond donors (Lipinski definition) is 1. The zero-order valence-corrected chi connectivity index (χ0v) is 10.8. The molecular formula is C12H12F4N4O. The fourth-order valence-electron chi connectivity index (χ4n) is 1.58. The van der Waals surface area contributed by atoms with Crippen LogP contribution < -0.4 is 5.32 Å². The zero-order valence-electron chi connectivity index (χ0n) is 10.8. The molecule has 0 bridgehead atoms. The number of rotatable bonds is 6. The molecule has 0 atom stereocenters. The smallest absolute Gasteiger partial charge is 0.352 e. The van der Waals surface area contributed by atoms with Crippen molar-refractivity contribution < 1.29 is 22.4 Å². The summed E-state index contributed by atoms with van der Waals surface area (Å²) >= 11 is 0. The number of carbonyl (C=O) groups is 1. The number of hydrogen-bond acceptors (Lipinski definition) is 2. The van der Waals surface area contributed by atoms with E-state index in [9.17, 15) is 22.4 Å². The van der Waals surface area contributed by atoms with Crippen molar-refractivity contribution in [2.24, 2.45) is 5.11 Å². The third kappa shape index (κ3) is 4.96. The molecule has 0 fully saturated rings. The van der Waals surface area contributed by atoms with Crippen LogP contribution in [0.25, 0.3) is 10.4 Å². The largest absolute Gasteiger partial charge is 0.419 e. The molecule has 5 nitrogen and oxygen atoms in total. The van der Waals surface area contributed by atoms with Crippen LogP contribution in [-0.2, 0) is 6.18 Å². The van der Waals surface area contributed by atoms with Gasteiger partial charge in [0.2, 0.25) is 0 Å². The molecule has 0 aromatic heterocycles. The second-order valence-electron chi connectivity index (χ2n) is 4.08. The molecule has 9 heteroatoms. The topological polar surface area (TPSA) is 77.9 Å². The van der Waals surface area contributed by atoms with Gasteiger partial charge < -0.3 is 5.32 Å². The van der Waals surface area contributed by atoms with Crippen molar-refractivity contribution in [3.8, 4) is 0 Å². The zero-order chi connectivity index (χ0) is 15.9. The van der Waals surface area contributed by atoms with E-state index >= 15 is 0 Å². The SMILES string of the molecule is [N-]=[N+]=NCCCCNC(=O)c1cccc(C(F)(F)F)c1F. The molecule has 0 heterocycles. The first-order chi connectivity index (χ1) is 9.88. The molecule has 21 heavy (non-hydrogen) atoms.